The second-order valence-corrected chi connectivity index (χ2v) is 3.95. The van der Waals surface area contributed by atoms with Crippen LogP contribution in [0, 0.1) is 17.1 Å². The molecule has 1 N–H and O–H groups in total. The molecule has 0 aliphatic heterocycles. The summed E-state index contributed by atoms with van der Waals surface area (Å²) < 4.78 is 13.0. The number of halogens is 1. The van der Waals surface area contributed by atoms with Crippen LogP contribution in [0.2, 0.25) is 0 Å². The van der Waals surface area contributed by atoms with Crippen LogP contribution in [-0.4, -0.2) is 4.98 Å². The SMILES string of the molecule is C[C@@H](Nc1ccc(F)cc1C#N)c1ccncc1. The summed E-state index contributed by atoms with van der Waals surface area (Å²) in [7, 11) is 0. The summed E-state index contributed by atoms with van der Waals surface area (Å²) in [4.78, 5) is 3.95. The molecule has 0 aliphatic carbocycles. The minimum absolute atomic E-state index is 0.0190. The number of hydrogen-bond acceptors (Lipinski definition) is 3. The quantitative estimate of drug-likeness (QED) is 0.897. The summed E-state index contributed by atoms with van der Waals surface area (Å²) in [6, 6.07) is 9.92. The van der Waals surface area contributed by atoms with Crippen molar-refractivity contribution in [3.8, 4) is 6.07 Å². The Labute approximate surface area is 105 Å². The van der Waals surface area contributed by atoms with E-state index in [1.165, 1.54) is 12.1 Å². The Kier molecular flexibility index (Phi) is 3.54. The van der Waals surface area contributed by atoms with Gasteiger partial charge in [-0.05, 0) is 42.8 Å². The summed E-state index contributed by atoms with van der Waals surface area (Å²) in [5.74, 6) is -0.409. The summed E-state index contributed by atoms with van der Waals surface area (Å²) in [6.45, 7) is 1.97. The van der Waals surface area contributed by atoms with Gasteiger partial charge in [-0.2, -0.15) is 5.26 Å². The predicted molar refractivity (Wildman–Crippen MR) is 67.4 cm³/mol. The van der Waals surface area contributed by atoms with Crippen molar-refractivity contribution in [2.45, 2.75) is 13.0 Å². The first kappa shape index (κ1) is 12.1. The molecule has 2 aromatic rings. The van der Waals surface area contributed by atoms with Gasteiger partial charge in [0, 0.05) is 18.4 Å². The Morgan fingerprint density at radius 1 is 1.28 bits per heavy atom. The van der Waals surface area contributed by atoms with Crippen molar-refractivity contribution in [2.24, 2.45) is 0 Å². The Morgan fingerprint density at radius 2 is 2.00 bits per heavy atom. The van der Waals surface area contributed by atoms with Crippen molar-refractivity contribution in [1.82, 2.24) is 4.98 Å². The maximum absolute atomic E-state index is 13.0. The van der Waals surface area contributed by atoms with Crippen LogP contribution in [0.15, 0.2) is 42.7 Å². The standard InChI is InChI=1S/C14H12FN3/c1-10(11-4-6-17-7-5-11)18-14-3-2-13(15)8-12(14)9-16/h2-8,10,18H,1H3/t10-/m1/s1. The average molecular weight is 241 g/mol. The molecule has 1 aromatic heterocycles. The number of nitrogens with one attached hydrogen (secondary N) is 1. The van der Waals surface area contributed by atoms with Gasteiger partial charge in [-0.25, -0.2) is 4.39 Å². The lowest BCUT2D eigenvalue weighted by molar-refractivity contribution is 0.627. The normalized spacial score (nSPS) is 11.6. The second-order valence-electron chi connectivity index (χ2n) is 3.95. The van der Waals surface area contributed by atoms with Gasteiger partial charge in [0.2, 0.25) is 0 Å². The van der Waals surface area contributed by atoms with E-state index in [2.05, 4.69) is 10.3 Å². The molecule has 0 radical (unpaired) electrons. The number of nitrogens with zero attached hydrogens (tertiary/aromatic N) is 2. The maximum Gasteiger partial charge on any atom is 0.124 e. The Morgan fingerprint density at radius 3 is 2.67 bits per heavy atom. The largest absolute Gasteiger partial charge is 0.377 e. The van der Waals surface area contributed by atoms with Crippen molar-refractivity contribution >= 4 is 5.69 Å². The van der Waals surface area contributed by atoms with Crippen molar-refractivity contribution < 1.29 is 4.39 Å². The molecular weight excluding hydrogens is 229 g/mol. The van der Waals surface area contributed by atoms with Gasteiger partial charge >= 0.3 is 0 Å². The number of aromatic nitrogens is 1. The van der Waals surface area contributed by atoms with Gasteiger partial charge in [-0.1, -0.05) is 0 Å². The smallest absolute Gasteiger partial charge is 0.124 e. The van der Waals surface area contributed by atoms with Gasteiger partial charge in [-0.15, -0.1) is 0 Å². The zero-order chi connectivity index (χ0) is 13.0. The van der Waals surface area contributed by atoms with Crippen molar-refractivity contribution in [1.29, 1.82) is 5.26 Å². The molecule has 1 aromatic carbocycles. The van der Waals surface area contributed by atoms with Crippen LogP contribution >= 0.6 is 0 Å². The number of rotatable bonds is 3. The number of hydrogen-bond donors (Lipinski definition) is 1. The third-order valence-corrected chi connectivity index (χ3v) is 2.68. The molecule has 90 valence electrons. The van der Waals surface area contributed by atoms with E-state index in [9.17, 15) is 4.39 Å². The summed E-state index contributed by atoms with van der Waals surface area (Å²) in [5.41, 5.74) is 1.98. The lowest BCUT2D eigenvalue weighted by Crippen LogP contribution is -2.08. The minimum Gasteiger partial charge on any atom is -0.377 e. The fraction of sp³-hybridized carbons (Fsp3) is 0.143. The molecule has 0 unspecified atom stereocenters. The number of anilines is 1. The Bertz CT molecular complexity index is 575. The highest BCUT2D eigenvalue weighted by Gasteiger charge is 2.08. The lowest BCUT2D eigenvalue weighted by atomic mass is 10.1. The zero-order valence-electron chi connectivity index (χ0n) is 9.89. The van der Waals surface area contributed by atoms with Gasteiger partial charge in [0.25, 0.3) is 0 Å². The third kappa shape index (κ3) is 2.64. The van der Waals surface area contributed by atoms with Gasteiger partial charge in [-0.3, -0.25) is 4.98 Å². The summed E-state index contributed by atoms with van der Waals surface area (Å²) in [5, 5.41) is 12.1. The molecule has 1 heterocycles. The van der Waals surface area contributed by atoms with Crippen LogP contribution in [0.3, 0.4) is 0 Å². The molecule has 3 nitrogen and oxygen atoms in total. The molecule has 0 bridgehead atoms. The van der Waals surface area contributed by atoms with E-state index in [1.807, 2.05) is 25.1 Å². The van der Waals surface area contributed by atoms with E-state index in [1.54, 1.807) is 18.5 Å². The molecule has 1 atom stereocenters. The molecule has 0 aliphatic rings. The second kappa shape index (κ2) is 5.28. The predicted octanol–water partition coefficient (Wildman–Crippen LogP) is 3.27. The molecular formula is C14H12FN3. The Hall–Kier alpha value is -2.41. The van der Waals surface area contributed by atoms with Crippen LogP contribution < -0.4 is 5.32 Å². The van der Waals surface area contributed by atoms with Crippen molar-refractivity contribution in [2.75, 3.05) is 5.32 Å². The van der Waals surface area contributed by atoms with E-state index in [0.29, 0.717) is 11.3 Å². The van der Waals surface area contributed by atoms with Crippen LogP contribution in [-0.2, 0) is 0 Å². The number of benzene rings is 1. The molecule has 0 fully saturated rings. The third-order valence-electron chi connectivity index (χ3n) is 2.68. The number of nitriles is 1. The molecule has 18 heavy (non-hydrogen) atoms. The highest BCUT2D eigenvalue weighted by molar-refractivity contribution is 5.58. The number of pyridine rings is 1. The van der Waals surface area contributed by atoms with E-state index >= 15 is 0 Å². The topological polar surface area (TPSA) is 48.7 Å². The molecule has 0 spiro atoms. The first-order valence-electron chi connectivity index (χ1n) is 5.57. The van der Waals surface area contributed by atoms with Gasteiger partial charge in [0.05, 0.1) is 11.3 Å². The first-order valence-corrected chi connectivity index (χ1v) is 5.57. The highest BCUT2D eigenvalue weighted by atomic mass is 19.1. The van der Waals surface area contributed by atoms with Gasteiger partial charge < -0.3 is 5.32 Å². The van der Waals surface area contributed by atoms with Crippen LogP contribution in [0.25, 0.3) is 0 Å². The lowest BCUT2D eigenvalue weighted by Gasteiger charge is -2.16. The zero-order valence-corrected chi connectivity index (χ0v) is 9.89. The van der Waals surface area contributed by atoms with Crippen molar-refractivity contribution in [3.63, 3.8) is 0 Å². The van der Waals surface area contributed by atoms with E-state index < -0.39 is 5.82 Å². The van der Waals surface area contributed by atoms with E-state index in [4.69, 9.17) is 5.26 Å². The molecule has 0 saturated carbocycles. The molecule has 4 heteroatoms. The van der Waals surface area contributed by atoms with Crippen LogP contribution in [0.1, 0.15) is 24.1 Å². The molecule has 0 amide bonds. The molecule has 2 rings (SSSR count). The summed E-state index contributed by atoms with van der Waals surface area (Å²) in [6.07, 6.45) is 3.42. The monoisotopic (exact) mass is 241 g/mol. The fourth-order valence-corrected chi connectivity index (χ4v) is 1.70. The van der Waals surface area contributed by atoms with Crippen LogP contribution in [0.4, 0.5) is 10.1 Å². The van der Waals surface area contributed by atoms with E-state index in [0.717, 1.165) is 5.56 Å². The summed E-state index contributed by atoms with van der Waals surface area (Å²) >= 11 is 0. The highest BCUT2D eigenvalue weighted by Crippen LogP contribution is 2.22. The minimum atomic E-state index is -0.409. The van der Waals surface area contributed by atoms with E-state index in [-0.39, 0.29) is 6.04 Å². The Balaban J connectivity index is 2.22. The average Bonchev–Trinajstić information content (AvgIpc) is 2.41. The first-order chi connectivity index (χ1) is 8.70. The van der Waals surface area contributed by atoms with Gasteiger partial charge in [0.15, 0.2) is 0 Å². The van der Waals surface area contributed by atoms with Gasteiger partial charge in [0.1, 0.15) is 11.9 Å². The van der Waals surface area contributed by atoms with Crippen molar-refractivity contribution in [3.05, 3.63) is 59.7 Å². The molecule has 0 saturated heterocycles. The fourth-order valence-electron chi connectivity index (χ4n) is 1.70. The van der Waals surface area contributed by atoms with Crippen LogP contribution in [0.5, 0.6) is 0 Å². The maximum atomic E-state index is 13.0.